The van der Waals surface area contributed by atoms with Crippen LogP contribution in [0.15, 0.2) is 18.2 Å². The van der Waals surface area contributed by atoms with Crippen LogP contribution in [0.1, 0.15) is 55.6 Å². The average Bonchev–Trinajstić information content (AvgIpc) is 2.44. The topological polar surface area (TPSA) is 64.6 Å². The van der Waals surface area contributed by atoms with Gasteiger partial charge in [0.15, 0.2) is 0 Å². The molecule has 1 aromatic rings. The van der Waals surface area contributed by atoms with Crippen molar-refractivity contribution in [1.29, 1.82) is 0 Å². The quantitative estimate of drug-likeness (QED) is 0.869. The molecule has 0 unspecified atom stereocenters. The summed E-state index contributed by atoms with van der Waals surface area (Å²) >= 11 is 0. The molecular weight excluding hydrogens is 294 g/mol. The zero-order chi connectivity index (χ0) is 17.0. The average molecular weight is 319 g/mol. The third kappa shape index (κ3) is 4.98. The fourth-order valence-electron chi connectivity index (χ4n) is 2.70. The van der Waals surface area contributed by atoms with Crippen molar-refractivity contribution in [2.75, 3.05) is 6.61 Å². The maximum absolute atomic E-state index is 11.9. The van der Waals surface area contributed by atoms with Gasteiger partial charge in [-0.05, 0) is 70.2 Å². The van der Waals surface area contributed by atoms with E-state index in [4.69, 9.17) is 9.47 Å². The van der Waals surface area contributed by atoms with Crippen LogP contribution in [-0.2, 0) is 22.3 Å². The standard InChI is InChI=1S/C18H25NO4/c1-5-22-16(20)13-7-6-12-8-9-15(11-14(12)10-13)19-17(21)23-18(2,3)4/h6-7,10,15H,5,8-9,11H2,1-4H3,(H,19,21)/t15-/m1/s1. The summed E-state index contributed by atoms with van der Waals surface area (Å²) in [6.45, 7) is 7.67. The first-order valence-corrected chi connectivity index (χ1v) is 8.07. The molecule has 1 N–H and O–H groups in total. The third-order valence-corrected chi connectivity index (χ3v) is 3.67. The molecule has 2 rings (SSSR count). The Morgan fingerprint density at radius 3 is 2.65 bits per heavy atom. The van der Waals surface area contributed by atoms with Gasteiger partial charge in [0.1, 0.15) is 5.60 Å². The van der Waals surface area contributed by atoms with Crippen LogP contribution < -0.4 is 5.32 Å². The van der Waals surface area contributed by atoms with Crippen molar-refractivity contribution < 1.29 is 19.1 Å². The molecule has 1 aliphatic rings. The Hall–Kier alpha value is -2.04. The van der Waals surface area contributed by atoms with E-state index in [9.17, 15) is 9.59 Å². The molecular formula is C18H25NO4. The Morgan fingerprint density at radius 2 is 2.00 bits per heavy atom. The Balaban J connectivity index is 2.03. The summed E-state index contributed by atoms with van der Waals surface area (Å²) in [5, 5.41) is 2.91. The molecule has 0 bridgehead atoms. The number of carbonyl (C=O) groups excluding carboxylic acids is 2. The Morgan fingerprint density at radius 1 is 1.26 bits per heavy atom. The van der Waals surface area contributed by atoms with Crippen molar-refractivity contribution in [3.8, 4) is 0 Å². The van der Waals surface area contributed by atoms with Crippen LogP contribution in [0, 0.1) is 0 Å². The summed E-state index contributed by atoms with van der Waals surface area (Å²) in [4.78, 5) is 23.7. The summed E-state index contributed by atoms with van der Waals surface area (Å²) in [5.41, 5.74) is 2.36. The predicted octanol–water partition coefficient (Wildman–Crippen LogP) is 3.25. The SMILES string of the molecule is CCOC(=O)c1ccc2c(c1)C[C@H](NC(=O)OC(C)(C)C)CC2. The molecule has 126 valence electrons. The molecule has 1 aromatic carbocycles. The summed E-state index contributed by atoms with van der Waals surface area (Å²) in [7, 11) is 0. The first-order valence-electron chi connectivity index (χ1n) is 8.07. The normalized spacial score (nSPS) is 17.1. The lowest BCUT2D eigenvalue weighted by atomic mass is 9.87. The molecule has 0 heterocycles. The van der Waals surface area contributed by atoms with Crippen LogP contribution in [0.25, 0.3) is 0 Å². The third-order valence-electron chi connectivity index (χ3n) is 3.67. The molecule has 0 aromatic heterocycles. The summed E-state index contributed by atoms with van der Waals surface area (Å²) in [6, 6.07) is 5.68. The minimum Gasteiger partial charge on any atom is -0.462 e. The predicted molar refractivity (Wildman–Crippen MR) is 87.6 cm³/mol. The van der Waals surface area contributed by atoms with Gasteiger partial charge in [0.25, 0.3) is 0 Å². The summed E-state index contributed by atoms with van der Waals surface area (Å²) in [5.74, 6) is -0.308. The smallest absolute Gasteiger partial charge is 0.407 e. The highest BCUT2D eigenvalue weighted by atomic mass is 16.6. The lowest BCUT2D eigenvalue weighted by Gasteiger charge is -2.27. The van der Waals surface area contributed by atoms with Gasteiger partial charge in [-0.15, -0.1) is 0 Å². The number of nitrogens with one attached hydrogen (secondary N) is 1. The van der Waals surface area contributed by atoms with Gasteiger partial charge < -0.3 is 14.8 Å². The van der Waals surface area contributed by atoms with Gasteiger partial charge in [-0.1, -0.05) is 6.07 Å². The van der Waals surface area contributed by atoms with Gasteiger partial charge in [-0.3, -0.25) is 0 Å². The van der Waals surface area contributed by atoms with E-state index in [1.165, 1.54) is 5.56 Å². The number of hydrogen-bond acceptors (Lipinski definition) is 4. The number of ether oxygens (including phenoxy) is 2. The molecule has 0 saturated heterocycles. The fourth-order valence-corrected chi connectivity index (χ4v) is 2.70. The van der Waals surface area contributed by atoms with Gasteiger partial charge in [-0.2, -0.15) is 0 Å². The second-order valence-electron chi connectivity index (χ2n) is 6.79. The van der Waals surface area contributed by atoms with E-state index in [1.54, 1.807) is 13.0 Å². The lowest BCUT2D eigenvalue weighted by molar-refractivity contribution is 0.0494. The maximum Gasteiger partial charge on any atom is 0.407 e. The second-order valence-corrected chi connectivity index (χ2v) is 6.79. The first-order chi connectivity index (χ1) is 10.8. The largest absolute Gasteiger partial charge is 0.462 e. The molecule has 0 radical (unpaired) electrons. The number of benzene rings is 1. The molecule has 0 spiro atoms. The van der Waals surface area contributed by atoms with E-state index >= 15 is 0 Å². The summed E-state index contributed by atoms with van der Waals surface area (Å²) in [6.07, 6.45) is 2.04. The number of amides is 1. The Labute approximate surface area is 137 Å². The number of hydrogen-bond donors (Lipinski definition) is 1. The fraction of sp³-hybridized carbons (Fsp3) is 0.556. The van der Waals surface area contributed by atoms with Gasteiger partial charge in [0.05, 0.1) is 12.2 Å². The zero-order valence-electron chi connectivity index (χ0n) is 14.3. The van der Waals surface area contributed by atoms with Crippen LogP contribution in [0.4, 0.5) is 4.79 Å². The highest BCUT2D eigenvalue weighted by Crippen LogP contribution is 2.23. The Kier molecular flexibility index (Phi) is 5.29. The van der Waals surface area contributed by atoms with Crippen LogP contribution in [0.3, 0.4) is 0 Å². The number of esters is 1. The molecule has 23 heavy (non-hydrogen) atoms. The van der Waals surface area contributed by atoms with Crippen molar-refractivity contribution in [2.45, 2.75) is 58.6 Å². The second kappa shape index (κ2) is 7.02. The minimum absolute atomic E-state index is 0.0230. The van der Waals surface area contributed by atoms with Crippen LogP contribution in [0.5, 0.6) is 0 Å². The van der Waals surface area contributed by atoms with Crippen LogP contribution in [-0.4, -0.2) is 30.3 Å². The Bertz CT molecular complexity index is 589. The maximum atomic E-state index is 11.9. The van der Waals surface area contributed by atoms with Crippen LogP contribution >= 0.6 is 0 Å². The van der Waals surface area contributed by atoms with E-state index in [0.717, 1.165) is 18.4 Å². The monoisotopic (exact) mass is 319 g/mol. The van der Waals surface area contributed by atoms with E-state index in [0.29, 0.717) is 18.6 Å². The highest BCUT2D eigenvalue weighted by molar-refractivity contribution is 5.89. The van der Waals surface area contributed by atoms with Crippen molar-refractivity contribution in [1.82, 2.24) is 5.32 Å². The van der Waals surface area contributed by atoms with E-state index in [2.05, 4.69) is 5.32 Å². The summed E-state index contributed by atoms with van der Waals surface area (Å²) < 4.78 is 10.3. The first kappa shape index (κ1) is 17.3. The van der Waals surface area contributed by atoms with Crippen molar-refractivity contribution >= 4 is 12.1 Å². The number of rotatable bonds is 3. The van der Waals surface area contributed by atoms with E-state index < -0.39 is 11.7 Å². The van der Waals surface area contributed by atoms with E-state index in [1.807, 2.05) is 32.9 Å². The van der Waals surface area contributed by atoms with E-state index in [-0.39, 0.29) is 12.0 Å². The number of carbonyl (C=O) groups is 2. The number of aryl methyl sites for hydroxylation is 1. The molecule has 5 nitrogen and oxygen atoms in total. The molecule has 5 heteroatoms. The van der Waals surface area contributed by atoms with Crippen LogP contribution in [0.2, 0.25) is 0 Å². The minimum atomic E-state index is -0.506. The molecule has 1 atom stereocenters. The van der Waals surface area contributed by atoms with Gasteiger partial charge in [0, 0.05) is 6.04 Å². The highest BCUT2D eigenvalue weighted by Gasteiger charge is 2.24. The lowest BCUT2D eigenvalue weighted by Crippen LogP contribution is -2.41. The molecule has 0 aliphatic heterocycles. The van der Waals surface area contributed by atoms with Gasteiger partial charge in [-0.25, -0.2) is 9.59 Å². The zero-order valence-corrected chi connectivity index (χ0v) is 14.3. The molecule has 1 aliphatic carbocycles. The number of fused-ring (bicyclic) bond motifs is 1. The number of alkyl carbamates (subject to hydrolysis) is 1. The molecule has 0 saturated carbocycles. The van der Waals surface area contributed by atoms with Gasteiger partial charge >= 0.3 is 12.1 Å². The molecule has 0 fully saturated rings. The molecule has 1 amide bonds. The van der Waals surface area contributed by atoms with Crippen molar-refractivity contribution in [3.63, 3.8) is 0 Å². The van der Waals surface area contributed by atoms with Crippen molar-refractivity contribution in [3.05, 3.63) is 34.9 Å². The van der Waals surface area contributed by atoms with Gasteiger partial charge in [0.2, 0.25) is 0 Å². The van der Waals surface area contributed by atoms with Crippen molar-refractivity contribution in [2.24, 2.45) is 0 Å².